The van der Waals surface area contributed by atoms with Crippen molar-refractivity contribution in [2.45, 2.75) is 13.5 Å². The predicted molar refractivity (Wildman–Crippen MR) is 61.4 cm³/mol. The van der Waals surface area contributed by atoms with E-state index in [4.69, 9.17) is 5.26 Å². The molecule has 0 bridgehead atoms. The van der Waals surface area contributed by atoms with Crippen LogP contribution >= 0.6 is 11.3 Å². The molecule has 0 atom stereocenters. The van der Waals surface area contributed by atoms with Crippen LogP contribution < -0.4 is 5.56 Å². The highest BCUT2D eigenvalue weighted by atomic mass is 32.1. The second-order valence-corrected chi connectivity index (χ2v) is 4.36. The van der Waals surface area contributed by atoms with E-state index in [1.54, 1.807) is 18.3 Å². The second kappa shape index (κ2) is 4.29. The molecule has 0 aliphatic heterocycles. The van der Waals surface area contributed by atoms with Crippen molar-refractivity contribution in [2.75, 3.05) is 0 Å². The summed E-state index contributed by atoms with van der Waals surface area (Å²) < 4.78 is 1.38. The van der Waals surface area contributed by atoms with Crippen molar-refractivity contribution in [3.05, 3.63) is 50.1 Å². The first-order valence-electron chi connectivity index (χ1n) is 4.72. The fourth-order valence-electron chi connectivity index (χ4n) is 1.36. The Morgan fingerprint density at radius 2 is 2.44 bits per heavy atom. The molecule has 0 N–H and O–H groups in total. The van der Waals surface area contributed by atoms with E-state index < -0.39 is 0 Å². The molecule has 2 aromatic rings. The molecule has 0 saturated carbocycles. The van der Waals surface area contributed by atoms with Crippen LogP contribution in [0.2, 0.25) is 0 Å². The highest BCUT2D eigenvalue weighted by Crippen LogP contribution is 2.09. The molecule has 16 heavy (non-hydrogen) atoms. The maximum atomic E-state index is 11.6. The Kier molecular flexibility index (Phi) is 2.84. The molecule has 0 radical (unpaired) electrons. The number of hydrogen-bond acceptors (Lipinski definition) is 4. The van der Waals surface area contributed by atoms with Crippen LogP contribution in [0.3, 0.4) is 0 Å². The summed E-state index contributed by atoms with van der Waals surface area (Å²) in [5, 5.41) is 14.8. The van der Waals surface area contributed by atoms with E-state index in [9.17, 15) is 4.79 Å². The Bertz CT molecular complexity index is 593. The third kappa shape index (κ3) is 2.02. The van der Waals surface area contributed by atoms with E-state index in [1.165, 1.54) is 10.7 Å². The van der Waals surface area contributed by atoms with Crippen LogP contribution in [0.1, 0.15) is 16.1 Å². The van der Waals surface area contributed by atoms with E-state index in [1.807, 2.05) is 23.6 Å². The average Bonchev–Trinajstić information content (AvgIpc) is 2.75. The minimum absolute atomic E-state index is 0.240. The molecule has 2 rings (SSSR count). The quantitative estimate of drug-likeness (QED) is 0.787. The number of thiophene rings is 1. The fourth-order valence-corrected chi connectivity index (χ4v) is 2.05. The maximum Gasteiger partial charge on any atom is 0.268 e. The molecule has 0 aliphatic rings. The first-order chi connectivity index (χ1) is 7.70. The van der Waals surface area contributed by atoms with E-state index in [-0.39, 0.29) is 5.56 Å². The molecule has 0 saturated heterocycles. The number of hydrogen-bond donors (Lipinski definition) is 0. The standard InChI is InChI=1S/C11H9N3OS/c1-8-9(6-12)5-11(15)14(13-8)7-10-3-2-4-16-10/h2-5H,7H2,1H3. The monoisotopic (exact) mass is 231 g/mol. The van der Waals surface area contributed by atoms with Gasteiger partial charge in [0.1, 0.15) is 6.07 Å². The molecule has 2 heterocycles. The summed E-state index contributed by atoms with van der Waals surface area (Å²) in [4.78, 5) is 12.7. The zero-order valence-corrected chi connectivity index (χ0v) is 9.49. The van der Waals surface area contributed by atoms with Crippen LogP contribution in [-0.4, -0.2) is 9.78 Å². The van der Waals surface area contributed by atoms with Crippen LogP contribution in [0.4, 0.5) is 0 Å². The zero-order valence-electron chi connectivity index (χ0n) is 8.67. The summed E-state index contributed by atoms with van der Waals surface area (Å²) in [7, 11) is 0. The van der Waals surface area contributed by atoms with Crippen LogP contribution in [0.25, 0.3) is 0 Å². The first kappa shape index (κ1) is 10.6. The number of nitriles is 1. The van der Waals surface area contributed by atoms with Crippen molar-refractivity contribution in [3.8, 4) is 6.07 Å². The SMILES string of the molecule is Cc1nn(Cc2cccs2)c(=O)cc1C#N. The van der Waals surface area contributed by atoms with Crippen molar-refractivity contribution in [2.24, 2.45) is 0 Å². The highest BCUT2D eigenvalue weighted by molar-refractivity contribution is 7.09. The molecule has 80 valence electrons. The lowest BCUT2D eigenvalue weighted by molar-refractivity contribution is 0.633. The van der Waals surface area contributed by atoms with Gasteiger partial charge in [-0.25, -0.2) is 4.68 Å². The zero-order chi connectivity index (χ0) is 11.5. The minimum Gasteiger partial charge on any atom is -0.268 e. The van der Waals surface area contributed by atoms with Crippen molar-refractivity contribution in [1.29, 1.82) is 5.26 Å². The molecule has 4 nitrogen and oxygen atoms in total. The van der Waals surface area contributed by atoms with Crippen molar-refractivity contribution in [3.63, 3.8) is 0 Å². The molecule has 5 heteroatoms. The summed E-state index contributed by atoms with van der Waals surface area (Å²) in [6.07, 6.45) is 0. The van der Waals surface area contributed by atoms with Gasteiger partial charge in [-0.2, -0.15) is 10.4 Å². The normalized spacial score (nSPS) is 10.0. The third-order valence-corrected chi connectivity index (χ3v) is 3.05. The average molecular weight is 231 g/mol. The lowest BCUT2D eigenvalue weighted by Crippen LogP contribution is -2.24. The van der Waals surface area contributed by atoms with Gasteiger partial charge in [0.05, 0.1) is 17.8 Å². The summed E-state index contributed by atoms with van der Waals surface area (Å²) >= 11 is 1.58. The van der Waals surface area contributed by atoms with Gasteiger partial charge in [0, 0.05) is 10.9 Å². The Balaban J connectivity index is 2.40. The van der Waals surface area contributed by atoms with Gasteiger partial charge < -0.3 is 0 Å². The van der Waals surface area contributed by atoms with Gasteiger partial charge in [0.25, 0.3) is 5.56 Å². The molecule has 0 spiro atoms. The molecule has 0 aromatic carbocycles. The maximum absolute atomic E-state index is 11.6. The molecule has 2 aromatic heterocycles. The van der Waals surface area contributed by atoms with Crippen molar-refractivity contribution in [1.82, 2.24) is 9.78 Å². The lowest BCUT2D eigenvalue weighted by Gasteiger charge is -2.04. The first-order valence-corrected chi connectivity index (χ1v) is 5.60. The molecule has 0 amide bonds. The van der Waals surface area contributed by atoms with Crippen LogP contribution in [0, 0.1) is 18.3 Å². The van der Waals surface area contributed by atoms with Gasteiger partial charge in [-0.15, -0.1) is 11.3 Å². The van der Waals surface area contributed by atoms with Gasteiger partial charge >= 0.3 is 0 Å². The van der Waals surface area contributed by atoms with E-state index in [2.05, 4.69) is 5.10 Å². The second-order valence-electron chi connectivity index (χ2n) is 3.33. The van der Waals surface area contributed by atoms with E-state index in [0.29, 0.717) is 17.8 Å². The van der Waals surface area contributed by atoms with Gasteiger partial charge in [0.15, 0.2) is 0 Å². The summed E-state index contributed by atoms with van der Waals surface area (Å²) in [5.41, 5.74) is 0.682. The predicted octanol–water partition coefficient (Wildman–Crippen LogP) is 1.53. The number of rotatable bonds is 2. The topological polar surface area (TPSA) is 58.7 Å². The number of nitrogens with zero attached hydrogens (tertiary/aromatic N) is 3. The van der Waals surface area contributed by atoms with Crippen molar-refractivity contribution >= 4 is 11.3 Å². The number of aryl methyl sites for hydroxylation is 1. The summed E-state index contributed by atoms with van der Waals surface area (Å²) in [6, 6.07) is 7.16. The molecule has 0 aliphatic carbocycles. The largest absolute Gasteiger partial charge is 0.268 e. The summed E-state index contributed by atoms with van der Waals surface area (Å²) in [5.74, 6) is 0. The lowest BCUT2D eigenvalue weighted by atomic mass is 10.2. The van der Waals surface area contributed by atoms with E-state index in [0.717, 1.165) is 4.88 Å². The summed E-state index contributed by atoms with van der Waals surface area (Å²) in [6.45, 7) is 2.19. The Morgan fingerprint density at radius 3 is 3.06 bits per heavy atom. The van der Waals surface area contributed by atoms with Crippen LogP contribution in [-0.2, 0) is 6.54 Å². The third-order valence-electron chi connectivity index (χ3n) is 2.19. The van der Waals surface area contributed by atoms with Crippen molar-refractivity contribution < 1.29 is 0 Å². The highest BCUT2D eigenvalue weighted by Gasteiger charge is 2.05. The Labute approximate surface area is 96.4 Å². The molecular weight excluding hydrogens is 222 g/mol. The molecule has 0 fully saturated rings. The molecular formula is C11H9N3OS. The Hall–Kier alpha value is -1.93. The van der Waals surface area contributed by atoms with E-state index >= 15 is 0 Å². The Morgan fingerprint density at radius 1 is 1.62 bits per heavy atom. The van der Waals surface area contributed by atoms with Gasteiger partial charge in [0.2, 0.25) is 0 Å². The van der Waals surface area contributed by atoms with Gasteiger partial charge in [-0.3, -0.25) is 4.79 Å². The van der Waals surface area contributed by atoms with Crippen LogP contribution in [0.15, 0.2) is 28.4 Å². The minimum atomic E-state index is -0.240. The number of aromatic nitrogens is 2. The van der Waals surface area contributed by atoms with Gasteiger partial charge in [-0.05, 0) is 18.4 Å². The molecule has 0 unspecified atom stereocenters. The fraction of sp³-hybridized carbons (Fsp3) is 0.182. The smallest absolute Gasteiger partial charge is 0.268 e. The van der Waals surface area contributed by atoms with Gasteiger partial charge in [-0.1, -0.05) is 6.07 Å². The van der Waals surface area contributed by atoms with Crippen LogP contribution in [0.5, 0.6) is 0 Å².